The number of esters is 1. The van der Waals surface area contributed by atoms with E-state index in [2.05, 4.69) is 15.5 Å². The van der Waals surface area contributed by atoms with Gasteiger partial charge in [-0.15, -0.1) is 0 Å². The summed E-state index contributed by atoms with van der Waals surface area (Å²) in [5.74, 6) is -0.462. The molecule has 0 bridgehead atoms. The number of rotatable bonds is 5. The smallest absolute Gasteiger partial charge is 0.410 e. The second kappa shape index (κ2) is 10.0. The van der Waals surface area contributed by atoms with E-state index in [9.17, 15) is 14.4 Å². The van der Waals surface area contributed by atoms with E-state index in [4.69, 9.17) is 9.47 Å². The first-order valence-electron chi connectivity index (χ1n) is 10.9. The van der Waals surface area contributed by atoms with E-state index in [1.807, 2.05) is 51.1 Å². The average molecular weight is 445 g/mol. The lowest BCUT2D eigenvalue weighted by Gasteiger charge is -2.37. The maximum absolute atomic E-state index is 12.9. The van der Waals surface area contributed by atoms with Crippen LogP contribution in [0.5, 0.6) is 0 Å². The van der Waals surface area contributed by atoms with Crippen molar-refractivity contribution in [1.29, 1.82) is 0 Å². The van der Waals surface area contributed by atoms with Gasteiger partial charge in [-0.05, 0) is 33.3 Å². The molecule has 0 aliphatic carbocycles. The molecule has 1 saturated heterocycles. The molecule has 3 amide bonds. The Labute approximate surface area is 188 Å². The van der Waals surface area contributed by atoms with Crippen molar-refractivity contribution in [1.82, 2.24) is 20.4 Å². The first-order valence-corrected chi connectivity index (χ1v) is 10.9. The van der Waals surface area contributed by atoms with Crippen LogP contribution in [0.25, 0.3) is 0 Å². The van der Waals surface area contributed by atoms with Crippen molar-refractivity contribution in [3.8, 4) is 0 Å². The molecule has 9 nitrogen and oxygen atoms in total. The van der Waals surface area contributed by atoms with Gasteiger partial charge in [-0.2, -0.15) is 0 Å². The van der Waals surface area contributed by atoms with Crippen LogP contribution in [0.3, 0.4) is 0 Å². The Balaban J connectivity index is 1.77. The number of hydrogen-bond acceptors (Lipinski definition) is 6. The minimum atomic E-state index is -0.595. The molecule has 0 spiro atoms. The first kappa shape index (κ1) is 23.6. The second-order valence-electron chi connectivity index (χ2n) is 8.80. The summed E-state index contributed by atoms with van der Waals surface area (Å²) in [6.45, 7) is 10.1. The lowest BCUT2D eigenvalue weighted by molar-refractivity contribution is -0.139. The van der Waals surface area contributed by atoms with Crippen LogP contribution in [0.4, 0.5) is 9.59 Å². The molecule has 9 heteroatoms. The number of benzene rings is 1. The molecule has 0 saturated carbocycles. The van der Waals surface area contributed by atoms with Crippen molar-refractivity contribution in [2.45, 2.75) is 39.3 Å². The third-order valence-electron chi connectivity index (χ3n) is 5.19. The Bertz CT molecular complexity index is 870. The highest BCUT2D eigenvalue weighted by molar-refractivity contribution is 5.95. The number of piperazine rings is 1. The highest BCUT2D eigenvalue weighted by Gasteiger charge is 2.35. The van der Waals surface area contributed by atoms with Crippen LogP contribution < -0.4 is 10.6 Å². The molecule has 1 unspecified atom stereocenters. The number of nitrogens with zero attached hydrogens (tertiary/aromatic N) is 2. The molecule has 1 aromatic carbocycles. The molecular formula is C23H32N4O5. The van der Waals surface area contributed by atoms with Gasteiger partial charge < -0.3 is 25.0 Å². The Morgan fingerprint density at radius 3 is 2.34 bits per heavy atom. The molecule has 32 heavy (non-hydrogen) atoms. The SMILES string of the molecule is CCOC(=O)C1=C(CN2CCN(C(=O)OC(C)(C)C)CC2)NC(=O)NC1c1ccccc1. The third kappa shape index (κ3) is 6.00. The Morgan fingerprint density at radius 2 is 1.75 bits per heavy atom. The Kier molecular flexibility index (Phi) is 7.40. The van der Waals surface area contributed by atoms with Crippen LogP contribution in [0.2, 0.25) is 0 Å². The highest BCUT2D eigenvalue weighted by atomic mass is 16.6. The largest absolute Gasteiger partial charge is 0.463 e. The Hall–Kier alpha value is -3.07. The maximum Gasteiger partial charge on any atom is 0.410 e. The molecule has 0 aromatic heterocycles. The standard InChI is InChI=1S/C23H32N4O5/c1-5-31-20(28)18-17(24-21(29)25-19(18)16-9-7-6-8-10-16)15-26-11-13-27(14-12-26)22(30)32-23(2,3)4/h6-10,19H,5,11-15H2,1-4H3,(H2,24,25,29). The molecule has 174 valence electrons. The van der Waals surface area contributed by atoms with Gasteiger partial charge >= 0.3 is 18.1 Å². The zero-order valence-corrected chi connectivity index (χ0v) is 19.1. The molecule has 3 rings (SSSR count). The quantitative estimate of drug-likeness (QED) is 0.677. The summed E-state index contributed by atoms with van der Waals surface area (Å²) in [5, 5.41) is 5.64. The monoisotopic (exact) mass is 444 g/mol. The maximum atomic E-state index is 12.9. The number of amides is 3. The minimum Gasteiger partial charge on any atom is -0.463 e. The lowest BCUT2D eigenvalue weighted by atomic mass is 9.95. The number of nitrogens with one attached hydrogen (secondary N) is 2. The molecule has 0 radical (unpaired) electrons. The zero-order valence-electron chi connectivity index (χ0n) is 19.1. The number of hydrogen-bond donors (Lipinski definition) is 2. The molecule has 1 aromatic rings. The zero-order chi connectivity index (χ0) is 23.3. The fourth-order valence-corrected chi connectivity index (χ4v) is 3.73. The van der Waals surface area contributed by atoms with Crippen molar-refractivity contribution >= 4 is 18.1 Å². The summed E-state index contributed by atoms with van der Waals surface area (Å²) in [5.41, 5.74) is 1.18. The predicted octanol–water partition coefficient (Wildman–Crippen LogP) is 2.41. The van der Waals surface area contributed by atoms with Crippen LogP contribution in [0.1, 0.15) is 39.3 Å². The van der Waals surface area contributed by atoms with Gasteiger partial charge in [-0.25, -0.2) is 14.4 Å². The van der Waals surface area contributed by atoms with Gasteiger partial charge in [0.15, 0.2) is 0 Å². The summed E-state index contributed by atoms with van der Waals surface area (Å²) in [7, 11) is 0. The normalized spacial score (nSPS) is 19.8. The minimum absolute atomic E-state index is 0.236. The number of carbonyl (C=O) groups excluding carboxylic acids is 3. The summed E-state index contributed by atoms with van der Waals surface area (Å²) in [4.78, 5) is 41.4. The van der Waals surface area contributed by atoms with Gasteiger partial charge in [-0.1, -0.05) is 30.3 Å². The van der Waals surface area contributed by atoms with E-state index in [0.29, 0.717) is 44.0 Å². The summed E-state index contributed by atoms with van der Waals surface area (Å²) >= 11 is 0. The van der Waals surface area contributed by atoms with E-state index in [1.165, 1.54) is 0 Å². The van der Waals surface area contributed by atoms with Gasteiger partial charge in [0.2, 0.25) is 0 Å². The van der Waals surface area contributed by atoms with Gasteiger partial charge in [0.1, 0.15) is 5.60 Å². The van der Waals surface area contributed by atoms with Crippen LogP contribution in [0, 0.1) is 0 Å². The number of ether oxygens (including phenoxy) is 2. The van der Waals surface area contributed by atoms with Crippen LogP contribution in [0.15, 0.2) is 41.6 Å². The fourth-order valence-electron chi connectivity index (χ4n) is 3.73. The van der Waals surface area contributed by atoms with Crippen molar-refractivity contribution < 1.29 is 23.9 Å². The summed E-state index contributed by atoms with van der Waals surface area (Å²) in [6.07, 6.45) is -0.331. The average Bonchev–Trinajstić information content (AvgIpc) is 2.73. The summed E-state index contributed by atoms with van der Waals surface area (Å²) < 4.78 is 10.8. The first-order chi connectivity index (χ1) is 15.2. The molecular weight excluding hydrogens is 412 g/mol. The second-order valence-corrected chi connectivity index (χ2v) is 8.80. The fraction of sp³-hybridized carbons (Fsp3) is 0.522. The van der Waals surface area contributed by atoms with E-state index in [0.717, 1.165) is 5.56 Å². The molecule has 2 aliphatic heterocycles. The van der Waals surface area contributed by atoms with Crippen molar-refractivity contribution in [3.63, 3.8) is 0 Å². The summed E-state index contributed by atoms with van der Waals surface area (Å²) in [6, 6.07) is 8.38. The van der Waals surface area contributed by atoms with Crippen LogP contribution >= 0.6 is 0 Å². The number of carbonyl (C=O) groups is 3. The molecule has 2 heterocycles. The predicted molar refractivity (Wildman–Crippen MR) is 119 cm³/mol. The Morgan fingerprint density at radius 1 is 1.09 bits per heavy atom. The third-order valence-corrected chi connectivity index (χ3v) is 5.19. The van der Waals surface area contributed by atoms with E-state index >= 15 is 0 Å². The molecule has 1 atom stereocenters. The molecule has 1 fully saturated rings. The lowest BCUT2D eigenvalue weighted by Crippen LogP contribution is -2.53. The van der Waals surface area contributed by atoms with Crippen molar-refractivity contribution in [2.24, 2.45) is 0 Å². The number of urea groups is 1. The molecule has 2 N–H and O–H groups in total. The van der Waals surface area contributed by atoms with Crippen molar-refractivity contribution in [2.75, 3.05) is 39.3 Å². The topological polar surface area (TPSA) is 100 Å². The van der Waals surface area contributed by atoms with Gasteiger partial charge in [0.25, 0.3) is 0 Å². The van der Waals surface area contributed by atoms with Gasteiger partial charge in [0.05, 0.1) is 18.2 Å². The molecule has 2 aliphatic rings. The van der Waals surface area contributed by atoms with Crippen LogP contribution in [-0.2, 0) is 14.3 Å². The van der Waals surface area contributed by atoms with E-state index < -0.39 is 17.6 Å². The van der Waals surface area contributed by atoms with Gasteiger partial charge in [0, 0.05) is 38.4 Å². The van der Waals surface area contributed by atoms with Crippen LogP contribution in [-0.4, -0.2) is 72.8 Å². The highest BCUT2D eigenvalue weighted by Crippen LogP contribution is 2.28. The van der Waals surface area contributed by atoms with E-state index in [1.54, 1.807) is 11.8 Å². The van der Waals surface area contributed by atoms with E-state index in [-0.39, 0.29) is 18.7 Å². The van der Waals surface area contributed by atoms with Gasteiger partial charge in [-0.3, -0.25) is 4.90 Å². The van der Waals surface area contributed by atoms with Crippen molar-refractivity contribution in [3.05, 3.63) is 47.2 Å².